The summed E-state index contributed by atoms with van der Waals surface area (Å²) < 4.78 is 3.22. The summed E-state index contributed by atoms with van der Waals surface area (Å²) >= 11 is 3.61. The number of nitrogens with zero attached hydrogens (tertiary/aromatic N) is 3. The van der Waals surface area contributed by atoms with E-state index in [4.69, 9.17) is 0 Å². The van der Waals surface area contributed by atoms with Gasteiger partial charge in [0.25, 0.3) is 11.8 Å². The van der Waals surface area contributed by atoms with Crippen molar-refractivity contribution in [2.24, 2.45) is 40.6 Å². The second kappa shape index (κ2) is 6.52. The molecule has 2 saturated carbocycles. The molecular weight excluding hydrogens is 454 g/mol. The van der Waals surface area contributed by atoms with Crippen LogP contribution >= 0.6 is 15.9 Å². The summed E-state index contributed by atoms with van der Waals surface area (Å²) in [5.41, 5.74) is 5.25. The molecule has 0 radical (unpaired) electrons. The summed E-state index contributed by atoms with van der Waals surface area (Å²) in [6, 6.07) is 8.32. The summed E-state index contributed by atoms with van der Waals surface area (Å²) in [5.74, 6) is 0.999. The zero-order chi connectivity index (χ0) is 21.6. The second-order valence-corrected chi connectivity index (χ2v) is 10.3. The molecule has 0 spiro atoms. The van der Waals surface area contributed by atoms with Crippen LogP contribution in [-0.2, 0) is 9.59 Å². The Morgan fingerprint density at radius 1 is 1.00 bits per heavy atom. The topological polar surface area (TPSA) is 54.7 Å². The lowest BCUT2D eigenvalue weighted by Gasteiger charge is -2.37. The second-order valence-electron chi connectivity index (χ2n) is 9.48. The molecule has 4 aliphatic carbocycles. The maximum absolute atomic E-state index is 13.1. The standard InChI is InChI=1S/C25H24BrN3O2/c1-12-4-5-16(9-21(12)26)28-13(2)8-15(14(28)3)11-27-29-24(30)22-17-6-7-18(20-10-19(17)20)23(22)25(29)31/h4-9,11,17-20,22-23H,10H2,1-3H3/b27-11+. The number of hydrazone groups is 1. The number of aryl methyl sites for hydroxylation is 2. The highest BCUT2D eigenvalue weighted by Gasteiger charge is 2.67. The summed E-state index contributed by atoms with van der Waals surface area (Å²) in [6.45, 7) is 6.15. The van der Waals surface area contributed by atoms with Crippen molar-refractivity contribution >= 4 is 34.0 Å². The Balaban J connectivity index is 1.30. The Labute approximate surface area is 189 Å². The first-order valence-corrected chi connectivity index (χ1v) is 11.7. The summed E-state index contributed by atoms with van der Waals surface area (Å²) in [6.07, 6.45) is 7.21. The van der Waals surface area contributed by atoms with Crippen LogP contribution in [-0.4, -0.2) is 27.6 Å². The third kappa shape index (κ3) is 2.63. The molecule has 158 valence electrons. The fourth-order valence-corrected chi connectivity index (χ4v) is 6.58. The van der Waals surface area contributed by atoms with Gasteiger partial charge >= 0.3 is 0 Å². The van der Waals surface area contributed by atoms with Crippen molar-refractivity contribution in [3.63, 3.8) is 0 Å². The monoisotopic (exact) mass is 477 g/mol. The number of hydrogen-bond acceptors (Lipinski definition) is 3. The first-order chi connectivity index (χ1) is 14.9. The van der Waals surface area contributed by atoms with E-state index >= 15 is 0 Å². The van der Waals surface area contributed by atoms with Crippen molar-refractivity contribution in [3.8, 4) is 5.69 Å². The zero-order valence-electron chi connectivity index (χ0n) is 17.7. The highest BCUT2D eigenvalue weighted by atomic mass is 79.9. The molecule has 1 aromatic carbocycles. The van der Waals surface area contributed by atoms with Crippen LogP contribution in [0.15, 0.2) is 46.0 Å². The van der Waals surface area contributed by atoms with Gasteiger partial charge in [-0.15, -0.1) is 0 Å². The molecular formula is C25H24BrN3O2. The molecule has 2 bridgehead atoms. The smallest absolute Gasteiger partial charge is 0.254 e. The van der Waals surface area contributed by atoms with Gasteiger partial charge in [-0.25, -0.2) is 0 Å². The molecule has 31 heavy (non-hydrogen) atoms. The lowest BCUT2D eigenvalue weighted by molar-refractivity contribution is -0.140. The molecule has 1 saturated heterocycles. The number of rotatable bonds is 3. The van der Waals surface area contributed by atoms with E-state index in [1.54, 1.807) is 6.21 Å². The maximum Gasteiger partial charge on any atom is 0.254 e. The molecule has 7 rings (SSSR count). The summed E-state index contributed by atoms with van der Waals surface area (Å²) in [4.78, 5) is 26.2. The minimum absolute atomic E-state index is 0.118. The average Bonchev–Trinajstić information content (AvgIpc) is 3.47. The van der Waals surface area contributed by atoms with Gasteiger partial charge in [0.2, 0.25) is 0 Å². The van der Waals surface area contributed by atoms with E-state index in [9.17, 15) is 9.59 Å². The molecule has 2 amide bonds. The number of aromatic nitrogens is 1. The summed E-state index contributed by atoms with van der Waals surface area (Å²) in [7, 11) is 0. The van der Waals surface area contributed by atoms with Gasteiger partial charge in [-0.1, -0.05) is 34.1 Å². The molecule has 0 N–H and O–H groups in total. The maximum atomic E-state index is 13.1. The van der Waals surface area contributed by atoms with Gasteiger partial charge in [0.15, 0.2) is 0 Å². The fourth-order valence-electron chi connectivity index (χ4n) is 6.21. The number of amides is 2. The average molecular weight is 478 g/mol. The molecule has 5 nitrogen and oxygen atoms in total. The Hall–Kier alpha value is -2.47. The molecule has 1 aromatic heterocycles. The molecule has 2 aromatic rings. The molecule has 6 atom stereocenters. The normalized spacial score (nSPS) is 32.8. The van der Waals surface area contributed by atoms with Crippen molar-refractivity contribution in [3.05, 3.63) is 63.4 Å². The largest absolute Gasteiger partial charge is 0.318 e. The van der Waals surface area contributed by atoms with Crippen LogP contribution in [0.25, 0.3) is 5.69 Å². The Kier molecular flexibility index (Phi) is 4.04. The number of benzene rings is 1. The van der Waals surface area contributed by atoms with Gasteiger partial charge in [-0.3, -0.25) is 9.59 Å². The Morgan fingerprint density at radius 2 is 1.65 bits per heavy atom. The van der Waals surface area contributed by atoms with Crippen molar-refractivity contribution in [1.29, 1.82) is 0 Å². The number of carbonyl (C=O) groups excluding carboxylic acids is 2. The number of hydrogen-bond donors (Lipinski definition) is 0. The first-order valence-electron chi connectivity index (χ1n) is 10.9. The molecule has 1 aliphatic heterocycles. The van der Waals surface area contributed by atoms with Gasteiger partial charge in [0, 0.05) is 27.1 Å². The SMILES string of the molecule is Cc1ccc(-n2c(C)cc(/C=N/N3C(=O)C4C5C=CC(C6CC56)C4C3=O)c2C)cc1Br. The van der Waals surface area contributed by atoms with E-state index in [-0.39, 0.29) is 35.5 Å². The number of imide groups is 1. The van der Waals surface area contributed by atoms with Crippen molar-refractivity contribution in [1.82, 2.24) is 9.58 Å². The molecule has 3 fully saturated rings. The van der Waals surface area contributed by atoms with Crippen LogP contribution in [0.1, 0.15) is 28.9 Å². The van der Waals surface area contributed by atoms with Gasteiger partial charge in [-0.05, 0) is 74.6 Å². The van der Waals surface area contributed by atoms with E-state index in [2.05, 4.69) is 69.8 Å². The number of carbonyl (C=O) groups is 2. The van der Waals surface area contributed by atoms with Crippen LogP contribution in [0, 0.1) is 56.3 Å². The first kappa shape index (κ1) is 19.2. The van der Waals surface area contributed by atoms with E-state index in [0.29, 0.717) is 11.8 Å². The van der Waals surface area contributed by atoms with Crippen LogP contribution in [0.5, 0.6) is 0 Å². The lowest BCUT2D eigenvalue weighted by atomic mass is 9.63. The highest BCUT2D eigenvalue weighted by molar-refractivity contribution is 9.10. The quantitative estimate of drug-likeness (QED) is 0.369. The van der Waals surface area contributed by atoms with Crippen LogP contribution in [0.2, 0.25) is 0 Å². The van der Waals surface area contributed by atoms with Crippen LogP contribution in [0.3, 0.4) is 0 Å². The van der Waals surface area contributed by atoms with E-state index in [1.165, 1.54) is 12.0 Å². The van der Waals surface area contributed by atoms with Crippen molar-refractivity contribution in [2.75, 3.05) is 0 Å². The Morgan fingerprint density at radius 3 is 2.26 bits per heavy atom. The third-order valence-electron chi connectivity index (χ3n) is 7.84. The minimum Gasteiger partial charge on any atom is -0.318 e. The van der Waals surface area contributed by atoms with Gasteiger partial charge < -0.3 is 4.57 Å². The predicted molar refractivity (Wildman–Crippen MR) is 122 cm³/mol. The summed E-state index contributed by atoms with van der Waals surface area (Å²) in [5, 5.41) is 5.57. The molecule has 6 unspecified atom stereocenters. The zero-order valence-corrected chi connectivity index (χ0v) is 19.3. The number of allylic oxidation sites excluding steroid dienone is 2. The lowest BCUT2D eigenvalue weighted by Crippen LogP contribution is -2.40. The van der Waals surface area contributed by atoms with Crippen molar-refractivity contribution < 1.29 is 9.59 Å². The predicted octanol–water partition coefficient (Wildman–Crippen LogP) is 4.55. The van der Waals surface area contributed by atoms with Crippen molar-refractivity contribution in [2.45, 2.75) is 27.2 Å². The minimum atomic E-state index is -0.208. The molecule has 6 heteroatoms. The van der Waals surface area contributed by atoms with Gasteiger partial charge in [0.05, 0.1) is 18.1 Å². The van der Waals surface area contributed by atoms with Gasteiger partial charge in [-0.2, -0.15) is 10.1 Å². The van der Waals surface area contributed by atoms with Gasteiger partial charge in [0.1, 0.15) is 0 Å². The Bertz CT molecular complexity index is 1170. The molecule has 2 heterocycles. The highest BCUT2D eigenvalue weighted by Crippen LogP contribution is 2.65. The fraction of sp³-hybridized carbons (Fsp3) is 0.400. The van der Waals surface area contributed by atoms with Crippen LogP contribution < -0.4 is 0 Å². The molecule has 5 aliphatic rings. The van der Waals surface area contributed by atoms with Crippen LogP contribution in [0.4, 0.5) is 0 Å². The third-order valence-corrected chi connectivity index (χ3v) is 8.69. The van der Waals surface area contributed by atoms with E-state index in [1.807, 2.05) is 13.0 Å². The van der Waals surface area contributed by atoms with E-state index < -0.39 is 0 Å². The number of halogens is 1. The van der Waals surface area contributed by atoms with E-state index in [0.717, 1.165) is 32.1 Å².